The van der Waals surface area contributed by atoms with Gasteiger partial charge in [0, 0.05) is 30.0 Å². The van der Waals surface area contributed by atoms with E-state index in [0.717, 1.165) is 25.1 Å². The Balaban J connectivity index is 2.27. The Morgan fingerprint density at radius 2 is 2.05 bits per heavy atom. The minimum atomic E-state index is -3.41. The zero-order valence-electron chi connectivity index (χ0n) is 12.7. The topological polar surface area (TPSA) is 63.1 Å². The van der Waals surface area contributed by atoms with Crippen LogP contribution in [0.4, 0.5) is 0 Å². The third kappa shape index (κ3) is 3.42. The van der Waals surface area contributed by atoms with Crippen LogP contribution >= 0.6 is 0 Å². The highest BCUT2D eigenvalue weighted by Gasteiger charge is 2.41. The van der Waals surface area contributed by atoms with Crippen LogP contribution in [0.25, 0.3) is 0 Å². The van der Waals surface area contributed by atoms with Gasteiger partial charge in [-0.3, -0.25) is 0 Å². The van der Waals surface area contributed by atoms with E-state index >= 15 is 0 Å². The molecule has 0 spiro atoms. The quantitative estimate of drug-likeness (QED) is 0.809. The Bertz CT molecular complexity index is 571. The van der Waals surface area contributed by atoms with E-state index in [-0.39, 0.29) is 11.6 Å². The predicted molar refractivity (Wildman–Crippen MR) is 80.2 cm³/mol. The van der Waals surface area contributed by atoms with Gasteiger partial charge < -0.3 is 9.88 Å². The molecule has 114 valence electrons. The molecule has 5 nitrogen and oxygen atoms in total. The van der Waals surface area contributed by atoms with Crippen molar-refractivity contribution in [3.05, 3.63) is 18.0 Å². The summed E-state index contributed by atoms with van der Waals surface area (Å²) in [7, 11) is -3.41. The fraction of sp³-hybridized carbons (Fsp3) is 0.714. The maximum Gasteiger partial charge on any atom is 0.242 e. The summed E-state index contributed by atoms with van der Waals surface area (Å²) in [5, 5.41) is 3.25. The number of hydrogen-bond acceptors (Lipinski definition) is 3. The second-order valence-corrected chi connectivity index (χ2v) is 7.80. The first-order valence-electron chi connectivity index (χ1n) is 7.23. The highest BCUT2D eigenvalue weighted by molar-refractivity contribution is 7.89. The van der Waals surface area contributed by atoms with Crippen LogP contribution in [0.3, 0.4) is 0 Å². The second kappa shape index (κ2) is 5.50. The molecule has 0 unspecified atom stereocenters. The molecule has 20 heavy (non-hydrogen) atoms. The molecule has 0 saturated heterocycles. The van der Waals surface area contributed by atoms with E-state index in [4.69, 9.17) is 0 Å². The molecule has 2 rings (SSSR count). The van der Waals surface area contributed by atoms with Crippen molar-refractivity contribution in [3.8, 4) is 0 Å². The van der Waals surface area contributed by atoms with E-state index in [9.17, 15) is 8.42 Å². The first-order valence-corrected chi connectivity index (χ1v) is 8.71. The summed E-state index contributed by atoms with van der Waals surface area (Å²) in [6.45, 7) is 9.64. The molecule has 1 heterocycles. The SMILES string of the molecule is CCNCc1cc(S(=O)(=O)NC2(C)CC2)cn1C(C)C. The molecule has 0 radical (unpaired) electrons. The molecule has 2 N–H and O–H groups in total. The Hall–Kier alpha value is -0.850. The summed E-state index contributed by atoms with van der Waals surface area (Å²) in [6, 6.07) is 2.01. The van der Waals surface area contributed by atoms with E-state index in [1.54, 1.807) is 12.3 Å². The third-order valence-corrected chi connectivity index (χ3v) is 5.32. The standard InChI is InChI=1S/C14H25N3O2S/c1-5-15-9-12-8-13(10-17(12)11(2)3)20(18,19)16-14(4)6-7-14/h8,10-11,15-16H,5-7,9H2,1-4H3. The van der Waals surface area contributed by atoms with Crippen molar-refractivity contribution in [2.75, 3.05) is 6.54 Å². The number of nitrogens with one attached hydrogen (secondary N) is 2. The van der Waals surface area contributed by atoms with Crippen LogP contribution in [0, 0.1) is 0 Å². The Labute approximate surface area is 121 Å². The van der Waals surface area contributed by atoms with Gasteiger partial charge in [0.25, 0.3) is 0 Å². The lowest BCUT2D eigenvalue weighted by molar-refractivity contribution is 0.550. The van der Waals surface area contributed by atoms with Crippen LogP contribution < -0.4 is 10.0 Å². The largest absolute Gasteiger partial charge is 0.346 e. The average Bonchev–Trinajstić information content (AvgIpc) is 2.91. The van der Waals surface area contributed by atoms with Gasteiger partial charge in [-0.25, -0.2) is 13.1 Å². The number of aromatic nitrogens is 1. The molecule has 0 aromatic carbocycles. The van der Waals surface area contributed by atoms with Crippen molar-refractivity contribution < 1.29 is 8.42 Å². The highest BCUT2D eigenvalue weighted by atomic mass is 32.2. The van der Waals surface area contributed by atoms with Gasteiger partial charge in [-0.1, -0.05) is 6.92 Å². The van der Waals surface area contributed by atoms with Crippen LogP contribution in [0.1, 0.15) is 52.3 Å². The van der Waals surface area contributed by atoms with Gasteiger partial charge in [0.05, 0.1) is 4.90 Å². The van der Waals surface area contributed by atoms with Crippen molar-refractivity contribution in [1.82, 2.24) is 14.6 Å². The smallest absolute Gasteiger partial charge is 0.242 e. The van der Waals surface area contributed by atoms with Crippen LogP contribution in [0.2, 0.25) is 0 Å². The molecule has 0 bridgehead atoms. The molecular weight excluding hydrogens is 274 g/mol. The fourth-order valence-electron chi connectivity index (χ4n) is 2.19. The highest BCUT2D eigenvalue weighted by Crippen LogP contribution is 2.36. The lowest BCUT2D eigenvalue weighted by atomic mass is 10.3. The van der Waals surface area contributed by atoms with E-state index in [1.165, 1.54) is 0 Å². The van der Waals surface area contributed by atoms with Crippen molar-refractivity contribution in [1.29, 1.82) is 0 Å². The minimum absolute atomic E-state index is 0.236. The number of nitrogens with zero attached hydrogens (tertiary/aromatic N) is 1. The van der Waals surface area contributed by atoms with Crippen LogP contribution in [-0.4, -0.2) is 25.1 Å². The molecule has 0 amide bonds. The zero-order chi connectivity index (χ0) is 15.0. The fourth-order valence-corrected chi connectivity index (χ4v) is 3.71. The third-order valence-electron chi connectivity index (χ3n) is 3.71. The van der Waals surface area contributed by atoms with Crippen molar-refractivity contribution in [2.24, 2.45) is 0 Å². The molecule has 1 fully saturated rings. The maximum absolute atomic E-state index is 12.4. The number of rotatable bonds is 7. The maximum atomic E-state index is 12.4. The number of hydrogen-bond donors (Lipinski definition) is 2. The summed E-state index contributed by atoms with van der Waals surface area (Å²) >= 11 is 0. The summed E-state index contributed by atoms with van der Waals surface area (Å²) in [6.07, 6.45) is 3.58. The molecular formula is C14H25N3O2S. The predicted octanol–water partition coefficient (Wildman–Crippen LogP) is 2.01. The van der Waals surface area contributed by atoms with Crippen molar-refractivity contribution >= 4 is 10.0 Å². The van der Waals surface area contributed by atoms with Gasteiger partial charge in [-0.2, -0.15) is 0 Å². The summed E-state index contributed by atoms with van der Waals surface area (Å²) < 4.78 is 29.6. The molecule has 0 atom stereocenters. The first-order chi connectivity index (χ1) is 9.27. The Morgan fingerprint density at radius 1 is 1.40 bits per heavy atom. The monoisotopic (exact) mass is 299 g/mol. The van der Waals surface area contributed by atoms with E-state index < -0.39 is 10.0 Å². The van der Waals surface area contributed by atoms with Gasteiger partial charge in [0.1, 0.15) is 0 Å². The van der Waals surface area contributed by atoms with E-state index in [0.29, 0.717) is 11.4 Å². The van der Waals surface area contributed by atoms with E-state index in [1.807, 2.05) is 18.4 Å². The lowest BCUT2D eigenvalue weighted by Crippen LogP contribution is -2.34. The van der Waals surface area contributed by atoms with Gasteiger partial charge in [-0.05, 0) is 46.2 Å². The molecule has 6 heteroatoms. The molecule has 1 saturated carbocycles. The first kappa shape index (κ1) is 15.5. The zero-order valence-corrected chi connectivity index (χ0v) is 13.5. The van der Waals surface area contributed by atoms with Gasteiger partial charge in [-0.15, -0.1) is 0 Å². The van der Waals surface area contributed by atoms with Crippen molar-refractivity contribution in [3.63, 3.8) is 0 Å². The van der Waals surface area contributed by atoms with Gasteiger partial charge in [0.15, 0.2) is 0 Å². The van der Waals surface area contributed by atoms with E-state index in [2.05, 4.69) is 23.9 Å². The minimum Gasteiger partial charge on any atom is -0.346 e. The normalized spacial score (nSPS) is 17.6. The lowest BCUT2D eigenvalue weighted by Gasteiger charge is -2.13. The Kier molecular flexibility index (Phi) is 4.27. The average molecular weight is 299 g/mol. The summed E-state index contributed by atoms with van der Waals surface area (Å²) in [5.74, 6) is 0. The number of sulfonamides is 1. The molecule has 1 aromatic heterocycles. The van der Waals surface area contributed by atoms with Crippen LogP contribution in [0.5, 0.6) is 0 Å². The molecule has 1 aromatic rings. The summed E-state index contributed by atoms with van der Waals surface area (Å²) in [5.41, 5.74) is 0.767. The Morgan fingerprint density at radius 3 is 2.55 bits per heavy atom. The molecule has 1 aliphatic carbocycles. The van der Waals surface area contributed by atoms with Crippen molar-refractivity contribution in [2.45, 2.75) is 63.6 Å². The van der Waals surface area contributed by atoms with Gasteiger partial charge in [0.2, 0.25) is 10.0 Å². The van der Waals surface area contributed by atoms with Crippen LogP contribution in [0.15, 0.2) is 17.2 Å². The molecule has 1 aliphatic rings. The summed E-state index contributed by atoms with van der Waals surface area (Å²) in [4.78, 5) is 0.368. The molecule has 0 aliphatic heterocycles. The van der Waals surface area contributed by atoms with Gasteiger partial charge >= 0.3 is 0 Å². The van der Waals surface area contributed by atoms with Crippen LogP contribution in [-0.2, 0) is 16.6 Å². The second-order valence-electron chi connectivity index (χ2n) is 6.11.